The van der Waals surface area contributed by atoms with E-state index in [1.807, 2.05) is 6.92 Å². The Morgan fingerprint density at radius 2 is 1.92 bits per heavy atom. The first-order valence-electron chi connectivity index (χ1n) is 8.95. The molecule has 0 spiro atoms. The molecule has 0 heterocycles. The van der Waals surface area contributed by atoms with Crippen molar-refractivity contribution in [3.8, 4) is 5.75 Å². The summed E-state index contributed by atoms with van der Waals surface area (Å²) in [5.41, 5.74) is 3.96. The van der Waals surface area contributed by atoms with Crippen LogP contribution in [0.4, 0.5) is 4.39 Å². The van der Waals surface area contributed by atoms with E-state index in [4.69, 9.17) is 4.74 Å². The second-order valence-electron chi connectivity index (χ2n) is 6.48. The molecule has 0 radical (unpaired) electrons. The fraction of sp³-hybridized carbons (Fsp3) is 0.381. The van der Waals surface area contributed by atoms with Crippen LogP contribution in [-0.4, -0.2) is 12.5 Å². The second kappa shape index (κ2) is 8.15. The van der Waals surface area contributed by atoms with Crippen LogP contribution in [0.2, 0.25) is 0 Å². The number of ether oxygens (including phenoxy) is 1. The third kappa shape index (κ3) is 4.38. The lowest BCUT2D eigenvalue weighted by Crippen LogP contribution is -2.32. The molecule has 2 aromatic rings. The van der Waals surface area contributed by atoms with Crippen molar-refractivity contribution in [3.05, 3.63) is 65.0 Å². The molecule has 1 aliphatic carbocycles. The van der Waals surface area contributed by atoms with Crippen LogP contribution in [-0.2, 0) is 17.6 Å². The summed E-state index contributed by atoms with van der Waals surface area (Å²) in [6, 6.07) is 12.6. The first kappa shape index (κ1) is 17.5. The number of aryl methyl sites for hydroxylation is 2. The minimum Gasteiger partial charge on any atom is -0.481 e. The lowest BCUT2D eigenvalue weighted by molar-refractivity contribution is -0.123. The van der Waals surface area contributed by atoms with Gasteiger partial charge in [0.2, 0.25) is 0 Å². The van der Waals surface area contributed by atoms with Crippen molar-refractivity contribution in [1.82, 2.24) is 5.32 Å². The van der Waals surface area contributed by atoms with Gasteiger partial charge in [0.1, 0.15) is 0 Å². The molecule has 1 atom stereocenters. The van der Waals surface area contributed by atoms with Crippen LogP contribution in [0, 0.1) is 5.82 Å². The zero-order valence-electron chi connectivity index (χ0n) is 14.6. The predicted molar refractivity (Wildman–Crippen MR) is 96.2 cm³/mol. The zero-order valence-corrected chi connectivity index (χ0v) is 14.6. The van der Waals surface area contributed by atoms with Crippen molar-refractivity contribution >= 4 is 5.91 Å². The first-order valence-corrected chi connectivity index (χ1v) is 8.95. The molecule has 0 saturated heterocycles. The molecule has 3 rings (SSSR count). The van der Waals surface area contributed by atoms with E-state index in [9.17, 15) is 9.18 Å². The molecule has 0 fully saturated rings. The molecular formula is C21H24FNO2. The van der Waals surface area contributed by atoms with Crippen LogP contribution in [0.5, 0.6) is 5.75 Å². The lowest BCUT2D eigenvalue weighted by atomic mass is 9.89. The topological polar surface area (TPSA) is 38.3 Å². The number of carbonyl (C=O) groups excluding carboxylic acids is 1. The number of rotatable bonds is 6. The number of halogens is 1. The number of amides is 1. The zero-order chi connectivity index (χ0) is 17.6. The van der Waals surface area contributed by atoms with Crippen LogP contribution < -0.4 is 10.1 Å². The Bertz CT molecular complexity index is 744. The summed E-state index contributed by atoms with van der Waals surface area (Å²) in [5, 5.41) is 2.99. The van der Waals surface area contributed by atoms with E-state index in [2.05, 4.69) is 23.5 Å². The van der Waals surface area contributed by atoms with Gasteiger partial charge in [0, 0.05) is 0 Å². The molecule has 4 heteroatoms. The van der Waals surface area contributed by atoms with Gasteiger partial charge in [0.05, 0.1) is 6.04 Å². The predicted octanol–water partition coefficient (Wildman–Crippen LogP) is 4.35. The van der Waals surface area contributed by atoms with E-state index in [-0.39, 0.29) is 24.3 Å². The molecular weight excluding hydrogens is 317 g/mol. The van der Waals surface area contributed by atoms with Crippen LogP contribution in [0.1, 0.15) is 48.9 Å². The Labute approximate surface area is 148 Å². The summed E-state index contributed by atoms with van der Waals surface area (Å²) in [6.45, 7) is 1.85. The summed E-state index contributed by atoms with van der Waals surface area (Å²) < 4.78 is 18.8. The molecule has 0 aromatic heterocycles. The SMILES string of the molecule is CC[C@H](NC(=O)COc1ccccc1F)c1ccc2c(c1)CCCC2. The third-order valence-electron chi connectivity index (χ3n) is 4.71. The smallest absolute Gasteiger partial charge is 0.258 e. The van der Waals surface area contributed by atoms with Crippen LogP contribution >= 0.6 is 0 Å². The van der Waals surface area contributed by atoms with Gasteiger partial charge in [0.25, 0.3) is 5.91 Å². The maximum Gasteiger partial charge on any atom is 0.258 e. The highest BCUT2D eigenvalue weighted by Crippen LogP contribution is 2.26. The molecule has 0 aliphatic heterocycles. The summed E-state index contributed by atoms with van der Waals surface area (Å²) in [6.07, 6.45) is 5.55. The number of para-hydroxylation sites is 1. The Morgan fingerprint density at radius 3 is 2.68 bits per heavy atom. The molecule has 0 bridgehead atoms. The number of benzene rings is 2. The van der Waals surface area contributed by atoms with Gasteiger partial charge in [0.15, 0.2) is 18.2 Å². The molecule has 3 nitrogen and oxygen atoms in total. The number of nitrogens with one attached hydrogen (secondary N) is 1. The number of hydrogen-bond acceptors (Lipinski definition) is 2. The Hall–Kier alpha value is -2.36. The maximum absolute atomic E-state index is 13.5. The van der Waals surface area contributed by atoms with E-state index in [1.165, 1.54) is 36.1 Å². The number of fused-ring (bicyclic) bond motifs is 1. The molecule has 1 amide bonds. The van der Waals surface area contributed by atoms with E-state index in [1.54, 1.807) is 12.1 Å². The van der Waals surface area contributed by atoms with Crippen molar-refractivity contribution in [2.45, 2.75) is 45.1 Å². The fourth-order valence-electron chi connectivity index (χ4n) is 3.33. The summed E-state index contributed by atoms with van der Waals surface area (Å²) in [5.74, 6) is -0.607. The van der Waals surface area contributed by atoms with E-state index >= 15 is 0 Å². The normalized spacial score (nSPS) is 14.5. The lowest BCUT2D eigenvalue weighted by Gasteiger charge is -2.21. The van der Waals surface area contributed by atoms with Gasteiger partial charge in [-0.05, 0) is 60.9 Å². The van der Waals surface area contributed by atoms with Gasteiger partial charge in [-0.1, -0.05) is 37.3 Å². The Balaban J connectivity index is 1.61. The van der Waals surface area contributed by atoms with E-state index in [0.717, 1.165) is 24.8 Å². The Kier molecular flexibility index (Phi) is 5.69. The summed E-state index contributed by atoms with van der Waals surface area (Å²) >= 11 is 0. The summed E-state index contributed by atoms with van der Waals surface area (Å²) in [4.78, 5) is 12.2. The highest BCUT2D eigenvalue weighted by molar-refractivity contribution is 5.78. The third-order valence-corrected chi connectivity index (χ3v) is 4.71. The average molecular weight is 341 g/mol. The quantitative estimate of drug-likeness (QED) is 0.848. The standard InChI is InChI=1S/C21H24FNO2/c1-2-19(17-12-11-15-7-3-4-8-16(15)13-17)23-21(24)14-25-20-10-6-5-9-18(20)22/h5-6,9-13,19H,2-4,7-8,14H2,1H3,(H,23,24)/t19-/m0/s1. The minimum absolute atomic E-state index is 0.0519. The molecule has 1 N–H and O–H groups in total. The maximum atomic E-state index is 13.5. The van der Waals surface area contributed by atoms with Crippen molar-refractivity contribution in [2.24, 2.45) is 0 Å². The molecule has 25 heavy (non-hydrogen) atoms. The van der Waals surface area contributed by atoms with Gasteiger partial charge in [-0.2, -0.15) is 0 Å². The van der Waals surface area contributed by atoms with E-state index in [0.29, 0.717) is 0 Å². The Morgan fingerprint density at radius 1 is 1.16 bits per heavy atom. The fourth-order valence-corrected chi connectivity index (χ4v) is 3.33. The first-order chi connectivity index (χ1) is 12.2. The molecule has 1 aliphatic rings. The van der Waals surface area contributed by atoms with Gasteiger partial charge in [-0.15, -0.1) is 0 Å². The number of carbonyl (C=O) groups is 1. The highest BCUT2D eigenvalue weighted by Gasteiger charge is 2.16. The molecule has 2 aromatic carbocycles. The van der Waals surface area contributed by atoms with Gasteiger partial charge in [-0.25, -0.2) is 4.39 Å². The van der Waals surface area contributed by atoms with Crippen LogP contribution in [0.15, 0.2) is 42.5 Å². The van der Waals surface area contributed by atoms with Crippen LogP contribution in [0.3, 0.4) is 0 Å². The van der Waals surface area contributed by atoms with Crippen molar-refractivity contribution in [1.29, 1.82) is 0 Å². The largest absolute Gasteiger partial charge is 0.481 e. The van der Waals surface area contributed by atoms with E-state index < -0.39 is 5.82 Å². The van der Waals surface area contributed by atoms with Crippen molar-refractivity contribution in [2.75, 3.05) is 6.61 Å². The van der Waals surface area contributed by atoms with Crippen molar-refractivity contribution in [3.63, 3.8) is 0 Å². The van der Waals surface area contributed by atoms with Gasteiger partial charge < -0.3 is 10.1 Å². The highest BCUT2D eigenvalue weighted by atomic mass is 19.1. The number of hydrogen-bond donors (Lipinski definition) is 1. The van der Waals surface area contributed by atoms with Gasteiger partial charge >= 0.3 is 0 Å². The summed E-state index contributed by atoms with van der Waals surface area (Å²) in [7, 11) is 0. The van der Waals surface area contributed by atoms with Crippen molar-refractivity contribution < 1.29 is 13.9 Å². The average Bonchev–Trinajstić information content (AvgIpc) is 2.65. The molecule has 0 saturated carbocycles. The molecule has 132 valence electrons. The second-order valence-corrected chi connectivity index (χ2v) is 6.48. The minimum atomic E-state index is -0.461. The van der Waals surface area contributed by atoms with Gasteiger partial charge in [-0.3, -0.25) is 4.79 Å². The molecule has 0 unspecified atom stereocenters. The van der Waals surface area contributed by atoms with Crippen LogP contribution in [0.25, 0.3) is 0 Å². The monoisotopic (exact) mass is 341 g/mol.